The van der Waals surface area contributed by atoms with Crippen LogP contribution in [0.3, 0.4) is 0 Å². The molecule has 1 fully saturated rings. The largest absolute Gasteiger partial charge is 0.495 e. The van der Waals surface area contributed by atoms with Gasteiger partial charge >= 0.3 is 0 Å². The third-order valence-corrected chi connectivity index (χ3v) is 4.94. The molecule has 1 aromatic heterocycles. The maximum atomic E-state index is 5.51. The average Bonchev–Trinajstić information content (AvgIpc) is 3.18. The summed E-state index contributed by atoms with van der Waals surface area (Å²) in [6.07, 6.45) is 3.90. The smallest absolute Gasteiger partial charge is 0.191 e. The molecule has 1 saturated heterocycles. The van der Waals surface area contributed by atoms with E-state index < -0.39 is 0 Å². The van der Waals surface area contributed by atoms with Gasteiger partial charge in [-0.2, -0.15) is 0 Å². The molecule has 3 rings (SSSR count). The Labute approximate surface area is 168 Å². The highest BCUT2D eigenvalue weighted by atomic mass is 16.5. The van der Waals surface area contributed by atoms with Gasteiger partial charge in [-0.1, -0.05) is 18.2 Å². The molecule has 2 heterocycles. The zero-order valence-corrected chi connectivity index (χ0v) is 17.1. The van der Waals surface area contributed by atoms with E-state index in [1.54, 1.807) is 7.11 Å². The van der Waals surface area contributed by atoms with Gasteiger partial charge in [-0.25, -0.2) is 0 Å². The molecule has 2 N–H and O–H groups in total. The number of guanidine groups is 1. The van der Waals surface area contributed by atoms with E-state index in [2.05, 4.69) is 45.6 Å². The summed E-state index contributed by atoms with van der Waals surface area (Å²) < 4.78 is 5.51. The van der Waals surface area contributed by atoms with Crippen LogP contribution in [0.4, 0.5) is 5.69 Å². The molecule has 6 heteroatoms. The number of para-hydroxylation sites is 2. The lowest BCUT2D eigenvalue weighted by atomic mass is 10.2. The van der Waals surface area contributed by atoms with Crippen LogP contribution in [-0.2, 0) is 6.42 Å². The Kier molecular flexibility index (Phi) is 7.12. The van der Waals surface area contributed by atoms with Crippen LogP contribution in [0.5, 0.6) is 5.75 Å². The van der Waals surface area contributed by atoms with E-state index in [0.29, 0.717) is 6.04 Å². The number of hydrogen-bond acceptors (Lipinski definition) is 4. The Hall–Kier alpha value is -2.76. The molecular weight excluding hydrogens is 350 g/mol. The molecule has 1 aliphatic heterocycles. The summed E-state index contributed by atoms with van der Waals surface area (Å²) in [6, 6.07) is 12.7. The number of anilines is 1. The Morgan fingerprint density at radius 3 is 2.89 bits per heavy atom. The van der Waals surface area contributed by atoms with Gasteiger partial charge in [0.1, 0.15) is 5.75 Å². The van der Waals surface area contributed by atoms with Gasteiger partial charge in [0.05, 0.1) is 12.8 Å². The molecule has 0 bridgehead atoms. The highest BCUT2D eigenvalue weighted by Gasteiger charge is 2.25. The van der Waals surface area contributed by atoms with Crippen molar-refractivity contribution in [2.24, 2.45) is 4.99 Å². The fourth-order valence-corrected chi connectivity index (χ4v) is 3.44. The van der Waals surface area contributed by atoms with E-state index in [1.165, 1.54) is 5.56 Å². The number of ether oxygens (including phenoxy) is 1. The molecule has 1 unspecified atom stereocenters. The Bertz CT molecular complexity index is 775. The van der Waals surface area contributed by atoms with Crippen LogP contribution in [0.25, 0.3) is 0 Å². The summed E-state index contributed by atoms with van der Waals surface area (Å²) >= 11 is 0. The first-order valence-corrected chi connectivity index (χ1v) is 10.0. The van der Waals surface area contributed by atoms with Gasteiger partial charge < -0.3 is 20.3 Å². The first-order valence-electron chi connectivity index (χ1n) is 10.0. The Morgan fingerprint density at radius 1 is 1.29 bits per heavy atom. The molecule has 0 radical (unpaired) electrons. The Balaban J connectivity index is 1.56. The monoisotopic (exact) mass is 381 g/mol. The first-order chi connectivity index (χ1) is 13.7. The van der Waals surface area contributed by atoms with Gasteiger partial charge in [0.15, 0.2) is 5.96 Å². The van der Waals surface area contributed by atoms with Crippen molar-refractivity contribution in [1.29, 1.82) is 0 Å². The van der Waals surface area contributed by atoms with Gasteiger partial charge in [-0.05, 0) is 50.5 Å². The van der Waals surface area contributed by atoms with Crippen LogP contribution in [0, 0.1) is 6.92 Å². The molecule has 2 aromatic rings. The molecular formula is C22H31N5O. The van der Waals surface area contributed by atoms with Crippen molar-refractivity contribution < 1.29 is 4.74 Å². The highest BCUT2D eigenvalue weighted by molar-refractivity contribution is 5.80. The molecule has 0 spiro atoms. The zero-order chi connectivity index (χ0) is 19.8. The molecule has 1 aliphatic rings. The number of methoxy groups -OCH3 is 1. The van der Waals surface area contributed by atoms with Crippen molar-refractivity contribution in [3.05, 3.63) is 53.9 Å². The number of nitrogens with one attached hydrogen (secondary N) is 2. The topological polar surface area (TPSA) is 61.8 Å². The van der Waals surface area contributed by atoms with Crippen LogP contribution < -0.4 is 20.3 Å². The van der Waals surface area contributed by atoms with Crippen LogP contribution in [0.15, 0.2) is 47.6 Å². The number of rotatable bonds is 7. The van der Waals surface area contributed by atoms with Crippen molar-refractivity contribution >= 4 is 11.6 Å². The lowest BCUT2D eigenvalue weighted by Gasteiger charge is -2.22. The Morgan fingerprint density at radius 2 is 2.14 bits per heavy atom. The minimum absolute atomic E-state index is 0.365. The zero-order valence-electron chi connectivity index (χ0n) is 17.1. The van der Waals surface area contributed by atoms with Crippen molar-refractivity contribution in [2.75, 3.05) is 38.2 Å². The number of hydrogen-bond donors (Lipinski definition) is 2. The van der Waals surface area contributed by atoms with Crippen LogP contribution in [-0.4, -0.2) is 50.3 Å². The molecule has 28 heavy (non-hydrogen) atoms. The van der Waals surface area contributed by atoms with E-state index in [0.717, 1.165) is 62.1 Å². The summed E-state index contributed by atoms with van der Waals surface area (Å²) in [5.74, 6) is 1.81. The fraction of sp³-hybridized carbons (Fsp3) is 0.455. The predicted molar refractivity (Wildman–Crippen MR) is 115 cm³/mol. The third kappa shape index (κ3) is 5.38. The van der Waals surface area contributed by atoms with E-state index in [9.17, 15) is 0 Å². The third-order valence-electron chi connectivity index (χ3n) is 4.94. The summed E-state index contributed by atoms with van der Waals surface area (Å²) in [6.45, 7) is 7.63. The fourth-order valence-electron chi connectivity index (χ4n) is 3.44. The van der Waals surface area contributed by atoms with Crippen LogP contribution in [0.1, 0.15) is 24.6 Å². The number of pyridine rings is 1. The van der Waals surface area contributed by atoms with Gasteiger partial charge in [0.25, 0.3) is 0 Å². The average molecular weight is 382 g/mol. The first kappa shape index (κ1) is 20.0. The normalized spacial score (nSPS) is 16.9. The molecule has 6 nitrogen and oxygen atoms in total. The van der Waals surface area contributed by atoms with Crippen LogP contribution in [0.2, 0.25) is 0 Å². The summed E-state index contributed by atoms with van der Waals surface area (Å²) in [4.78, 5) is 11.5. The molecule has 1 aromatic carbocycles. The van der Waals surface area contributed by atoms with Crippen molar-refractivity contribution in [3.63, 3.8) is 0 Å². The minimum atomic E-state index is 0.365. The number of nitrogens with zero attached hydrogens (tertiary/aromatic N) is 3. The maximum Gasteiger partial charge on any atom is 0.191 e. The number of aliphatic imine (C=N–C) groups is 1. The quantitative estimate of drug-likeness (QED) is 0.570. The molecule has 150 valence electrons. The number of aryl methyl sites for hydroxylation is 1. The second kappa shape index (κ2) is 9.97. The standard InChI is InChI=1S/C22H31N5O/c1-4-23-22(24-13-11-18-10-9-17(2)25-15-18)26-19-12-14-27(16-19)20-7-5-6-8-21(20)28-3/h5-10,15,19H,4,11-14,16H2,1-3H3,(H2,23,24,26). The van der Waals surface area contributed by atoms with Gasteiger partial charge in [0, 0.05) is 44.1 Å². The van der Waals surface area contributed by atoms with Gasteiger partial charge in [-0.15, -0.1) is 0 Å². The van der Waals surface area contributed by atoms with E-state index in [4.69, 9.17) is 9.73 Å². The molecule has 0 saturated carbocycles. The van der Waals surface area contributed by atoms with Crippen molar-refractivity contribution in [3.8, 4) is 5.75 Å². The summed E-state index contributed by atoms with van der Waals surface area (Å²) in [7, 11) is 1.73. The van der Waals surface area contributed by atoms with Crippen LogP contribution >= 0.6 is 0 Å². The lowest BCUT2D eigenvalue weighted by molar-refractivity contribution is 0.415. The van der Waals surface area contributed by atoms with Crippen molar-refractivity contribution in [1.82, 2.24) is 15.6 Å². The second-order valence-electron chi connectivity index (χ2n) is 7.07. The SMILES string of the molecule is CCNC(=NCCc1ccc(C)nc1)NC1CCN(c2ccccc2OC)C1. The van der Waals surface area contributed by atoms with Crippen molar-refractivity contribution in [2.45, 2.75) is 32.7 Å². The molecule has 0 aliphatic carbocycles. The lowest BCUT2D eigenvalue weighted by Crippen LogP contribution is -2.44. The van der Waals surface area contributed by atoms with E-state index in [1.807, 2.05) is 31.3 Å². The molecule has 0 amide bonds. The number of aromatic nitrogens is 1. The second-order valence-corrected chi connectivity index (χ2v) is 7.07. The summed E-state index contributed by atoms with van der Waals surface area (Å²) in [5.41, 5.74) is 3.42. The predicted octanol–water partition coefficient (Wildman–Crippen LogP) is 2.78. The van der Waals surface area contributed by atoms with E-state index >= 15 is 0 Å². The van der Waals surface area contributed by atoms with Gasteiger partial charge in [0.2, 0.25) is 0 Å². The number of benzene rings is 1. The maximum absolute atomic E-state index is 5.51. The summed E-state index contributed by atoms with van der Waals surface area (Å²) in [5, 5.41) is 6.95. The van der Waals surface area contributed by atoms with Gasteiger partial charge in [-0.3, -0.25) is 9.98 Å². The van der Waals surface area contributed by atoms with E-state index in [-0.39, 0.29) is 0 Å². The highest BCUT2D eigenvalue weighted by Crippen LogP contribution is 2.30. The molecule has 1 atom stereocenters. The minimum Gasteiger partial charge on any atom is -0.495 e.